The predicted molar refractivity (Wildman–Crippen MR) is 83.9 cm³/mol. The van der Waals surface area contributed by atoms with Crippen LogP contribution < -0.4 is 17.0 Å². The topological polar surface area (TPSA) is 70.0 Å². The first-order chi connectivity index (χ1) is 11.5. The van der Waals surface area contributed by atoms with Gasteiger partial charge in [0.1, 0.15) is 11.5 Å². The van der Waals surface area contributed by atoms with Gasteiger partial charge in [-0.3, -0.25) is 9.36 Å². The maximum absolute atomic E-state index is 14.3. The van der Waals surface area contributed by atoms with Gasteiger partial charge in [-0.15, -0.1) is 5.92 Å². The zero-order chi connectivity index (χ0) is 19.1. The molecule has 9 heteroatoms. The Kier molecular flexibility index (Phi) is 4.49. The first-order valence-electron chi connectivity index (χ1n) is 6.92. The van der Waals surface area contributed by atoms with Crippen LogP contribution >= 0.6 is 0 Å². The van der Waals surface area contributed by atoms with Crippen molar-refractivity contribution in [2.24, 2.45) is 7.05 Å². The third-order valence-corrected chi connectivity index (χ3v) is 3.58. The summed E-state index contributed by atoms with van der Waals surface area (Å²) in [5, 5.41) is 0. The minimum absolute atomic E-state index is 0.0164. The molecule has 25 heavy (non-hydrogen) atoms. The molecule has 132 valence electrons. The van der Waals surface area contributed by atoms with Crippen molar-refractivity contribution in [2.75, 3.05) is 5.73 Å². The fraction of sp³-hybridized carbons (Fsp3) is 0.250. The standard InChI is InChI=1S/C16H13F4N3O2/c1-4-5-9-6-10(17)12(7-11(9)21)23-14(24)8(2)13(16(18,19)20)22(3)15(23)25/h6-7H,21H2,1-3H3. The second-order valence-corrected chi connectivity index (χ2v) is 5.22. The number of aromatic nitrogens is 2. The van der Waals surface area contributed by atoms with Crippen LogP contribution in [0.4, 0.5) is 23.2 Å². The van der Waals surface area contributed by atoms with E-state index in [2.05, 4.69) is 11.8 Å². The summed E-state index contributed by atoms with van der Waals surface area (Å²) >= 11 is 0. The summed E-state index contributed by atoms with van der Waals surface area (Å²) in [6.45, 7) is 2.42. The maximum atomic E-state index is 14.3. The van der Waals surface area contributed by atoms with E-state index < -0.39 is 40.2 Å². The first-order valence-corrected chi connectivity index (χ1v) is 6.92. The molecule has 0 fully saturated rings. The Morgan fingerprint density at radius 1 is 1.20 bits per heavy atom. The number of nitrogen functional groups attached to an aromatic ring is 1. The molecule has 0 aliphatic heterocycles. The van der Waals surface area contributed by atoms with Crippen LogP contribution in [-0.4, -0.2) is 9.13 Å². The zero-order valence-corrected chi connectivity index (χ0v) is 13.5. The average molecular weight is 355 g/mol. The van der Waals surface area contributed by atoms with Gasteiger partial charge < -0.3 is 5.73 Å². The van der Waals surface area contributed by atoms with Crippen molar-refractivity contribution in [1.29, 1.82) is 0 Å². The number of benzene rings is 1. The SMILES string of the molecule is CC#Cc1cc(F)c(-n2c(=O)c(C)c(C(F)(F)F)n(C)c2=O)cc1N. The summed E-state index contributed by atoms with van der Waals surface area (Å²) in [7, 11) is 0.853. The molecule has 2 aromatic rings. The minimum atomic E-state index is -4.91. The Morgan fingerprint density at radius 3 is 2.32 bits per heavy atom. The Hall–Kier alpha value is -3.02. The lowest BCUT2D eigenvalue weighted by Crippen LogP contribution is -2.43. The second-order valence-electron chi connectivity index (χ2n) is 5.22. The molecule has 0 aliphatic carbocycles. The van der Waals surface area contributed by atoms with Gasteiger partial charge in [0.2, 0.25) is 0 Å². The molecular formula is C16H13F4N3O2. The van der Waals surface area contributed by atoms with E-state index >= 15 is 0 Å². The monoisotopic (exact) mass is 355 g/mol. The van der Waals surface area contributed by atoms with Crippen LogP contribution in [0.5, 0.6) is 0 Å². The minimum Gasteiger partial charge on any atom is -0.398 e. The highest BCUT2D eigenvalue weighted by Crippen LogP contribution is 2.29. The van der Waals surface area contributed by atoms with Gasteiger partial charge in [-0.25, -0.2) is 13.8 Å². The Labute approximate surface area is 139 Å². The Balaban J connectivity index is 2.91. The smallest absolute Gasteiger partial charge is 0.398 e. The van der Waals surface area contributed by atoms with E-state index in [1.807, 2.05) is 0 Å². The number of nitrogens with two attached hydrogens (primary N) is 1. The van der Waals surface area contributed by atoms with Gasteiger partial charge in [-0.2, -0.15) is 13.2 Å². The van der Waals surface area contributed by atoms with Crippen LogP contribution in [0.1, 0.15) is 23.7 Å². The number of anilines is 1. The van der Waals surface area contributed by atoms with Gasteiger partial charge in [0, 0.05) is 18.3 Å². The molecule has 0 radical (unpaired) electrons. The van der Waals surface area contributed by atoms with E-state index in [1.165, 1.54) is 6.92 Å². The van der Waals surface area contributed by atoms with E-state index in [-0.39, 0.29) is 15.8 Å². The number of hydrogen-bond acceptors (Lipinski definition) is 3. The number of nitrogens with zero attached hydrogens (tertiary/aromatic N) is 2. The van der Waals surface area contributed by atoms with Crippen molar-refractivity contribution in [3.8, 4) is 17.5 Å². The highest BCUT2D eigenvalue weighted by Gasteiger charge is 2.37. The fourth-order valence-electron chi connectivity index (χ4n) is 2.46. The molecule has 2 rings (SSSR count). The normalized spacial score (nSPS) is 11.2. The second kappa shape index (κ2) is 6.12. The van der Waals surface area contributed by atoms with Gasteiger partial charge in [-0.05, 0) is 26.0 Å². The Bertz CT molecular complexity index is 1000. The lowest BCUT2D eigenvalue weighted by molar-refractivity contribution is -0.144. The largest absolute Gasteiger partial charge is 0.432 e. The summed E-state index contributed by atoms with van der Waals surface area (Å²) < 4.78 is 54.1. The zero-order valence-electron chi connectivity index (χ0n) is 13.5. The number of alkyl halides is 3. The molecular weight excluding hydrogens is 342 g/mol. The predicted octanol–water partition coefficient (Wildman–Crippen LogP) is 1.96. The molecule has 0 unspecified atom stereocenters. The van der Waals surface area contributed by atoms with Crippen LogP contribution in [0.15, 0.2) is 21.7 Å². The highest BCUT2D eigenvalue weighted by atomic mass is 19.4. The molecule has 5 nitrogen and oxygen atoms in total. The van der Waals surface area contributed by atoms with Crippen LogP contribution in [0, 0.1) is 24.6 Å². The van der Waals surface area contributed by atoms with Crippen molar-refractivity contribution >= 4 is 5.69 Å². The third-order valence-electron chi connectivity index (χ3n) is 3.58. The summed E-state index contributed by atoms with van der Waals surface area (Å²) in [6, 6.07) is 1.91. The lowest BCUT2D eigenvalue weighted by Gasteiger charge is -2.17. The third kappa shape index (κ3) is 3.03. The molecule has 0 saturated carbocycles. The number of hydrogen-bond donors (Lipinski definition) is 1. The van der Waals surface area contributed by atoms with E-state index in [1.54, 1.807) is 0 Å². The summed E-state index contributed by atoms with van der Waals surface area (Å²) in [5.41, 5.74) is 0.563. The average Bonchev–Trinajstić information content (AvgIpc) is 2.49. The highest BCUT2D eigenvalue weighted by molar-refractivity contribution is 5.61. The summed E-state index contributed by atoms with van der Waals surface area (Å²) in [6.07, 6.45) is -4.91. The van der Waals surface area contributed by atoms with Gasteiger partial charge in [0.25, 0.3) is 5.56 Å². The van der Waals surface area contributed by atoms with E-state index in [9.17, 15) is 27.2 Å². The maximum Gasteiger partial charge on any atom is 0.432 e. The molecule has 0 saturated heterocycles. The lowest BCUT2D eigenvalue weighted by atomic mass is 10.1. The van der Waals surface area contributed by atoms with E-state index in [0.29, 0.717) is 4.57 Å². The Morgan fingerprint density at radius 2 is 1.80 bits per heavy atom. The summed E-state index contributed by atoms with van der Waals surface area (Å²) in [4.78, 5) is 24.6. The fourth-order valence-corrected chi connectivity index (χ4v) is 2.46. The van der Waals surface area contributed by atoms with Crippen LogP contribution in [0.3, 0.4) is 0 Å². The van der Waals surface area contributed by atoms with Crippen molar-refractivity contribution in [3.05, 3.63) is 55.6 Å². The van der Waals surface area contributed by atoms with Gasteiger partial charge in [0.05, 0.1) is 11.3 Å². The number of halogens is 4. The molecule has 0 bridgehead atoms. The molecule has 0 spiro atoms. The van der Waals surface area contributed by atoms with Crippen molar-refractivity contribution in [3.63, 3.8) is 0 Å². The van der Waals surface area contributed by atoms with Crippen LogP contribution in [-0.2, 0) is 13.2 Å². The van der Waals surface area contributed by atoms with Crippen LogP contribution in [0.25, 0.3) is 5.69 Å². The van der Waals surface area contributed by atoms with Crippen LogP contribution in [0.2, 0.25) is 0 Å². The molecule has 0 atom stereocenters. The van der Waals surface area contributed by atoms with Gasteiger partial charge in [0.15, 0.2) is 0 Å². The van der Waals surface area contributed by atoms with E-state index in [0.717, 1.165) is 26.1 Å². The molecule has 0 aliphatic rings. The quantitative estimate of drug-likeness (QED) is 0.483. The number of rotatable bonds is 1. The van der Waals surface area contributed by atoms with Gasteiger partial charge in [-0.1, -0.05) is 5.92 Å². The molecule has 1 aromatic heterocycles. The van der Waals surface area contributed by atoms with Crippen molar-refractivity contribution in [1.82, 2.24) is 9.13 Å². The molecule has 0 amide bonds. The molecule has 2 N–H and O–H groups in total. The first kappa shape index (κ1) is 18.3. The molecule has 1 aromatic carbocycles. The molecule has 1 heterocycles. The van der Waals surface area contributed by atoms with Gasteiger partial charge >= 0.3 is 11.9 Å². The van der Waals surface area contributed by atoms with Crippen molar-refractivity contribution < 1.29 is 17.6 Å². The van der Waals surface area contributed by atoms with E-state index in [4.69, 9.17) is 5.73 Å². The summed E-state index contributed by atoms with van der Waals surface area (Å²) in [5.74, 6) is 4.05. The van der Waals surface area contributed by atoms with Crippen molar-refractivity contribution in [2.45, 2.75) is 20.0 Å².